The molecule has 1 fully saturated rings. The molecule has 0 bridgehead atoms. The first kappa shape index (κ1) is 26.3. The fourth-order valence-corrected chi connectivity index (χ4v) is 4.89. The van der Waals surface area contributed by atoms with E-state index in [0.717, 1.165) is 31.5 Å². The number of likely N-dealkylation sites (tertiary alicyclic amines) is 1. The van der Waals surface area contributed by atoms with Gasteiger partial charge in [-0.05, 0) is 67.8 Å². The average molecular weight is 528 g/mol. The number of rotatable bonds is 7. The summed E-state index contributed by atoms with van der Waals surface area (Å²) >= 11 is 0. The molecule has 7 nitrogen and oxygen atoms in total. The predicted octanol–water partition coefficient (Wildman–Crippen LogP) is 5.76. The Hall–Kier alpha value is -4.30. The summed E-state index contributed by atoms with van der Waals surface area (Å²) in [6.45, 7) is 4.10. The summed E-state index contributed by atoms with van der Waals surface area (Å²) in [7, 11) is 1.33. The number of piperidine rings is 1. The number of hydrogen-bond acceptors (Lipinski definition) is 6. The molecule has 200 valence electrons. The number of hydrogen-bond donors (Lipinski definition) is 1. The normalized spacial score (nSPS) is 14.2. The quantitative estimate of drug-likeness (QED) is 0.308. The molecule has 1 aromatic heterocycles. The lowest BCUT2D eigenvalue weighted by molar-refractivity contribution is 0.0600. The zero-order chi connectivity index (χ0) is 27.4. The number of benzene rings is 3. The standard InChI is InChI=1S/C31H30FN3O4/c1-20-18-28(26-8-5-9-27(32)29(26)33-20)39-24-14-16-35(17-15-24)19-22-6-3-4-7-25(22)30(36)34-23-12-10-21(11-13-23)31(37)38-2/h3-13,18,24H,14-17,19H2,1-2H3,(H,34,36). The van der Waals surface area contributed by atoms with E-state index in [4.69, 9.17) is 9.47 Å². The second-order valence-corrected chi connectivity index (χ2v) is 9.67. The Morgan fingerprint density at radius 3 is 2.51 bits per heavy atom. The highest BCUT2D eigenvalue weighted by Crippen LogP contribution is 2.30. The predicted molar refractivity (Wildman–Crippen MR) is 148 cm³/mol. The van der Waals surface area contributed by atoms with Crippen molar-refractivity contribution < 1.29 is 23.5 Å². The first-order valence-electron chi connectivity index (χ1n) is 12.9. The van der Waals surface area contributed by atoms with Gasteiger partial charge in [0.2, 0.25) is 0 Å². The van der Waals surface area contributed by atoms with Crippen LogP contribution in [-0.4, -0.2) is 48.1 Å². The SMILES string of the molecule is COC(=O)c1ccc(NC(=O)c2ccccc2CN2CCC(Oc3cc(C)nc4c(F)cccc34)CC2)cc1. The van der Waals surface area contributed by atoms with Gasteiger partial charge in [0, 0.05) is 48.0 Å². The zero-order valence-corrected chi connectivity index (χ0v) is 21.9. The third-order valence-electron chi connectivity index (χ3n) is 6.93. The number of carbonyl (C=O) groups excluding carboxylic acids is 2. The number of nitrogens with one attached hydrogen (secondary N) is 1. The number of methoxy groups -OCH3 is 1. The maximum absolute atomic E-state index is 14.3. The molecule has 0 spiro atoms. The van der Waals surface area contributed by atoms with Crippen molar-refractivity contribution in [2.45, 2.75) is 32.4 Å². The Kier molecular flexibility index (Phi) is 7.84. The van der Waals surface area contributed by atoms with E-state index in [1.165, 1.54) is 13.2 Å². The van der Waals surface area contributed by atoms with Gasteiger partial charge in [0.15, 0.2) is 0 Å². The van der Waals surface area contributed by atoms with Crippen molar-refractivity contribution in [3.05, 3.63) is 101 Å². The number of ether oxygens (including phenoxy) is 2. The van der Waals surface area contributed by atoms with Gasteiger partial charge < -0.3 is 14.8 Å². The fourth-order valence-electron chi connectivity index (χ4n) is 4.89. The molecule has 0 atom stereocenters. The lowest BCUT2D eigenvalue weighted by Crippen LogP contribution is -2.38. The van der Waals surface area contributed by atoms with Crippen molar-refractivity contribution >= 4 is 28.5 Å². The number of para-hydroxylation sites is 1. The number of anilines is 1. The van der Waals surface area contributed by atoms with Crippen molar-refractivity contribution in [2.75, 3.05) is 25.5 Å². The second-order valence-electron chi connectivity index (χ2n) is 9.67. The Bertz CT molecular complexity index is 1500. The first-order valence-corrected chi connectivity index (χ1v) is 12.9. The van der Waals surface area contributed by atoms with Crippen LogP contribution >= 0.6 is 0 Å². The van der Waals surface area contributed by atoms with E-state index in [9.17, 15) is 14.0 Å². The van der Waals surface area contributed by atoms with E-state index in [0.29, 0.717) is 45.7 Å². The Morgan fingerprint density at radius 2 is 1.77 bits per heavy atom. The fraction of sp³-hybridized carbons (Fsp3) is 0.258. The number of pyridine rings is 1. The molecule has 0 unspecified atom stereocenters. The number of amides is 1. The number of nitrogens with zero attached hydrogens (tertiary/aromatic N) is 2. The van der Waals surface area contributed by atoms with E-state index < -0.39 is 5.97 Å². The minimum Gasteiger partial charge on any atom is -0.490 e. The van der Waals surface area contributed by atoms with Crippen molar-refractivity contribution in [1.82, 2.24) is 9.88 Å². The van der Waals surface area contributed by atoms with Gasteiger partial charge in [0.25, 0.3) is 5.91 Å². The zero-order valence-electron chi connectivity index (χ0n) is 21.9. The summed E-state index contributed by atoms with van der Waals surface area (Å²) < 4.78 is 25.3. The Balaban J connectivity index is 1.21. The highest BCUT2D eigenvalue weighted by molar-refractivity contribution is 6.05. The molecule has 4 aromatic rings. The average Bonchev–Trinajstić information content (AvgIpc) is 2.95. The molecule has 1 amide bonds. The van der Waals surface area contributed by atoms with Gasteiger partial charge in [-0.25, -0.2) is 14.2 Å². The summed E-state index contributed by atoms with van der Waals surface area (Å²) in [5, 5.41) is 3.60. The van der Waals surface area contributed by atoms with E-state index in [2.05, 4.69) is 15.2 Å². The lowest BCUT2D eigenvalue weighted by Gasteiger charge is -2.32. The van der Waals surface area contributed by atoms with Gasteiger partial charge in [-0.1, -0.05) is 24.3 Å². The van der Waals surface area contributed by atoms with Crippen molar-refractivity contribution in [3.8, 4) is 5.75 Å². The van der Waals surface area contributed by atoms with Gasteiger partial charge in [-0.3, -0.25) is 9.69 Å². The van der Waals surface area contributed by atoms with Crippen LogP contribution in [0.4, 0.5) is 10.1 Å². The second kappa shape index (κ2) is 11.6. The number of halogens is 1. The Labute approximate surface area is 226 Å². The van der Waals surface area contributed by atoms with Crippen LogP contribution in [0.25, 0.3) is 10.9 Å². The molecule has 8 heteroatoms. The number of aromatic nitrogens is 1. The van der Waals surface area contributed by atoms with Crippen LogP contribution in [0, 0.1) is 12.7 Å². The molecule has 1 aliphatic rings. The number of fused-ring (bicyclic) bond motifs is 1. The number of aryl methyl sites for hydroxylation is 1. The molecular weight excluding hydrogens is 497 g/mol. The van der Waals surface area contributed by atoms with Crippen LogP contribution in [0.15, 0.2) is 72.8 Å². The Morgan fingerprint density at radius 1 is 1.03 bits per heavy atom. The van der Waals surface area contributed by atoms with Crippen LogP contribution in [-0.2, 0) is 11.3 Å². The molecule has 39 heavy (non-hydrogen) atoms. The maximum Gasteiger partial charge on any atom is 0.337 e. The molecule has 5 rings (SSSR count). The summed E-state index contributed by atoms with van der Waals surface area (Å²) in [6.07, 6.45) is 1.65. The van der Waals surface area contributed by atoms with Crippen LogP contribution < -0.4 is 10.1 Å². The molecular formula is C31H30FN3O4. The van der Waals surface area contributed by atoms with Crippen molar-refractivity contribution in [3.63, 3.8) is 0 Å². The molecule has 0 saturated carbocycles. The van der Waals surface area contributed by atoms with Crippen molar-refractivity contribution in [2.24, 2.45) is 0 Å². The van der Waals surface area contributed by atoms with Gasteiger partial charge in [0.05, 0.1) is 12.7 Å². The van der Waals surface area contributed by atoms with E-state index in [1.807, 2.05) is 43.3 Å². The van der Waals surface area contributed by atoms with Crippen LogP contribution in [0.1, 0.15) is 44.8 Å². The lowest BCUT2D eigenvalue weighted by atomic mass is 10.0. The van der Waals surface area contributed by atoms with Gasteiger partial charge >= 0.3 is 5.97 Å². The topological polar surface area (TPSA) is 80.8 Å². The van der Waals surface area contributed by atoms with Crippen LogP contribution in [0.3, 0.4) is 0 Å². The van der Waals surface area contributed by atoms with Gasteiger partial charge in [-0.15, -0.1) is 0 Å². The summed E-state index contributed by atoms with van der Waals surface area (Å²) in [5.41, 5.74) is 3.61. The summed E-state index contributed by atoms with van der Waals surface area (Å²) in [6, 6.07) is 21.0. The highest BCUT2D eigenvalue weighted by Gasteiger charge is 2.23. The summed E-state index contributed by atoms with van der Waals surface area (Å²) in [4.78, 5) is 31.4. The smallest absolute Gasteiger partial charge is 0.337 e. The molecule has 1 N–H and O–H groups in total. The van der Waals surface area contributed by atoms with Gasteiger partial charge in [-0.2, -0.15) is 0 Å². The van der Waals surface area contributed by atoms with E-state index in [-0.39, 0.29) is 17.8 Å². The first-order chi connectivity index (χ1) is 18.9. The minimum atomic E-state index is -0.425. The van der Waals surface area contributed by atoms with Gasteiger partial charge in [0.1, 0.15) is 23.2 Å². The highest BCUT2D eigenvalue weighted by atomic mass is 19.1. The molecule has 0 radical (unpaired) electrons. The maximum atomic E-state index is 14.3. The largest absolute Gasteiger partial charge is 0.490 e. The van der Waals surface area contributed by atoms with Crippen LogP contribution in [0.5, 0.6) is 5.75 Å². The molecule has 1 aliphatic heterocycles. The molecule has 1 saturated heterocycles. The third-order valence-corrected chi connectivity index (χ3v) is 6.93. The number of carbonyl (C=O) groups is 2. The number of esters is 1. The minimum absolute atomic E-state index is 0.0148. The summed E-state index contributed by atoms with van der Waals surface area (Å²) in [5.74, 6) is -0.318. The van der Waals surface area contributed by atoms with Crippen LogP contribution in [0.2, 0.25) is 0 Å². The monoisotopic (exact) mass is 527 g/mol. The molecule has 0 aliphatic carbocycles. The molecule has 2 heterocycles. The molecule has 3 aromatic carbocycles. The van der Waals surface area contributed by atoms with E-state index in [1.54, 1.807) is 30.3 Å². The third kappa shape index (κ3) is 6.07. The van der Waals surface area contributed by atoms with E-state index >= 15 is 0 Å². The van der Waals surface area contributed by atoms with Crippen molar-refractivity contribution in [1.29, 1.82) is 0 Å².